The fourth-order valence-corrected chi connectivity index (χ4v) is 11.7. The number of alkyl halides is 3. The Hall–Kier alpha value is -8.82. The molecule has 17 nitrogen and oxygen atoms in total. The number of nitrogens with zero attached hydrogens (tertiary/aromatic N) is 9. The van der Waals surface area contributed by atoms with Crippen LogP contribution in [-0.2, 0) is 17.5 Å². The summed E-state index contributed by atoms with van der Waals surface area (Å²) in [7, 11) is 8.23. The van der Waals surface area contributed by atoms with Gasteiger partial charge in [0.1, 0.15) is 29.3 Å². The van der Waals surface area contributed by atoms with Crippen LogP contribution in [0.2, 0.25) is 0 Å². The van der Waals surface area contributed by atoms with Gasteiger partial charge in [-0.25, -0.2) is 19.4 Å². The van der Waals surface area contributed by atoms with Crippen LogP contribution in [-0.4, -0.2) is 138 Å². The number of anilines is 4. The van der Waals surface area contributed by atoms with Gasteiger partial charge in [-0.2, -0.15) is 13.2 Å². The number of imidazole rings is 2. The molecule has 11 rings (SSSR count). The summed E-state index contributed by atoms with van der Waals surface area (Å²) in [5.41, 5.74) is 16.1. The molecule has 88 heavy (non-hydrogen) atoms. The minimum atomic E-state index is -4.45. The number of amidine groups is 1. The van der Waals surface area contributed by atoms with Crippen LogP contribution in [0.15, 0.2) is 126 Å². The highest BCUT2D eigenvalue weighted by Gasteiger charge is 2.36. The molecule has 3 aliphatic rings. The molecule has 6 aromatic carbocycles. The van der Waals surface area contributed by atoms with Gasteiger partial charge in [-0.15, -0.1) is 0 Å². The van der Waals surface area contributed by atoms with E-state index in [9.17, 15) is 31.9 Å². The lowest BCUT2D eigenvalue weighted by Crippen LogP contribution is -2.48. The summed E-state index contributed by atoms with van der Waals surface area (Å²) in [6, 6.07) is 33.6. The van der Waals surface area contributed by atoms with Crippen LogP contribution < -0.4 is 31.9 Å². The second-order valence-corrected chi connectivity index (χ2v) is 23.9. The van der Waals surface area contributed by atoms with E-state index in [1.165, 1.54) is 18.2 Å². The predicted molar refractivity (Wildman–Crippen MR) is 343 cm³/mol. The molecule has 0 aliphatic carbocycles. The monoisotopic (exact) mass is 1200 g/mol. The third-order valence-corrected chi connectivity index (χ3v) is 16.5. The second-order valence-electron chi connectivity index (χ2n) is 23.9. The second kappa shape index (κ2) is 26.7. The molecule has 2 aromatic heterocycles. The van der Waals surface area contributed by atoms with E-state index in [1.54, 1.807) is 30.3 Å². The number of carbonyl (C=O) groups is 3. The number of aromatic nitrogens is 4. The van der Waals surface area contributed by atoms with Crippen molar-refractivity contribution in [1.82, 2.24) is 39.1 Å². The molecular formula is C67H78F4N14O3. The number of rotatable bonds is 18. The van der Waals surface area contributed by atoms with Crippen molar-refractivity contribution in [3.63, 3.8) is 0 Å². The largest absolute Gasteiger partial charge is 0.416 e. The fraction of sp³-hybridized carbons (Fsp3) is 0.373. The minimum absolute atomic E-state index is 0.0165. The fourth-order valence-electron chi connectivity index (χ4n) is 11.7. The van der Waals surface area contributed by atoms with E-state index in [0.717, 1.165) is 108 Å². The van der Waals surface area contributed by atoms with Crippen molar-refractivity contribution in [1.29, 1.82) is 0 Å². The maximum absolute atomic E-state index is 13.6. The molecule has 1 fully saturated rings. The van der Waals surface area contributed by atoms with Gasteiger partial charge < -0.3 is 55.7 Å². The van der Waals surface area contributed by atoms with Gasteiger partial charge in [0.15, 0.2) is 0 Å². The Labute approximate surface area is 511 Å². The van der Waals surface area contributed by atoms with Crippen molar-refractivity contribution in [3.05, 3.63) is 149 Å². The van der Waals surface area contributed by atoms with Crippen molar-refractivity contribution < 1.29 is 31.9 Å². The molecule has 1 unspecified atom stereocenters. The van der Waals surface area contributed by atoms with E-state index in [1.807, 2.05) is 77.9 Å². The van der Waals surface area contributed by atoms with Gasteiger partial charge >= 0.3 is 6.18 Å². The van der Waals surface area contributed by atoms with Crippen molar-refractivity contribution in [2.75, 3.05) is 101 Å². The first-order valence-corrected chi connectivity index (χ1v) is 30.1. The molecule has 1 saturated heterocycles. The molecule has 0 spiro atoms. The number of nitrogens with one attached hydrogen (secondary N) is 4. The van der Waals surface area contributed by atoms with E-state index in [4.69, 9.17) is 20.7 Å². The van der Waals surface area contributed by atoms with Gasteiger partial charge in [0.05, 0.1) is 45.0 Å². The predicted octanol–water partition coefficient (Wildman–Crippen LogP) is 11.9. The van der Waals surface area contributed by atoms with E-state index < -0.39 is 23.7 Å². The molecule has 21 heteroatoms. The molecule has 0 saturated carbocycles. The van der Waals surface area contributed by atoms with Gasteiger partial charge in [0, 0.05) is 85.1 Å². The summed E-state index contributed by atoms with van der Waals surface area (Å²) < 4.78 is 56.9. The Morgan fingerprint density at radius 2 is 1.31 bits per heavy atom. The van der Waals surface area contributed by atoms with Crippen LogP contribution in [0.3, 0.4) is 0 Å². The number of benzene rings is 6. The van der Waals surface area contributed by atoms with Gasteiger partial charge in [0.2, 0.25) is 5.91 Å². The Balaban J connectivity index is 0.000000194. The average Bonchev–Trinajstić information content (AvgIpc) is 1.74. The summed E-state index contributed by atoms with van der Waals surface area (Å²) in [4.78, 5) is 63.5. The summed E-state index contributed by atoms with van der Waals surface area (Å²) >= 11 is 0. The zero-order chi connectivity index (χ0) is 62.6. The average molecular weight is 1200 g/mol. The maximum atomic E-state index is 13.6. The summed E-state index contributed by atoms with van der Waals surface area (Å²) in [5, 5.41) is 12.9. The van der Waals surface area contributed by atoms with Crippen LogP contribution in [0.5, 0.6) is 0 Å². The number of amides is 3. The van der Waals surface area contributed by atoms with E-state index in [0.29, 0.717) is 71.4 Å². The third-order valence-electron chi connectivity index (χ3n) is 16.5. The third kappa shape index (κ3) is 13.8. The van der Waals surface area contributed by atoms with Gasteiger partial charge in [0.25, 0.3) is 11.8 Å². The van der Waals surface area contributed by atoms with E-state index in [2.05, 4.69) is 88.6 Å². The summed E-state index contributed by atoms with van der Waals surface area (Å²) in [6.07, 6.45) is -1.59. The Kier molecular flexibility index (Phi) is 18.9. The first kappa shape index (κ1) is 62.2. The Morgan fingerprint density at radius 1 is 0.716 bits per heavy atom. The number of nitrogens with two attached hydrogens (primary N) is 1. The molecule has 3 aliphatic heterocycles. The van der Waals surface area contributed by atoms with Crippen molar-refractivity contribution in [2.45, 2.75) is 71.8 Å². The molecule has 3 amide bonds. The topological polar surface area (TPSA) is 186 Å². The normalized spacial score (nSPS) is 16.0. The highest BCUT2D eigenvalue weighted by molar-refractivity contribution is 6.04. The molecule has 6 N–H and O–H groups in total. The molecular weight excluding hydrogens is 1120 g/mol. The zero-order valence-electron chi connectivity index (χ0n) is 51.2. The number of carbonyl (C=O) groups excluding carboxylic acids is 3. The van der Waals surface area contributed by atoms with Crippen LogP contribution >= 0.6 is 0 Å². The highest BCUT2D eigenvalue weighted by atomic mass is 19.4. The zero-order valence-corrected chi connectivity index (χ0v) is 51.2. The van der Waals surface area contributed by atoms with Crippen molar-refractivity contribution in [3.8, 4) is 22.8 Å². The van der Waals surface area contributed by atoms with Gasteiger partial charge in [-0.1, -0.05) is 46.2 Å². The van der Waals surface area contributed by atoms with Gasteiger partial charge in [-0.05, 0) is 181 Å². The molecule has 0 bridgehead atoms. The summed E-state index contributed by atoms with van der Waals surface area (Å²) in [6.45, 7) is 14.4. The van der Waals surface area contributed by atoms with E-state index in [-0.39, 0.29) is 42.1 Å². The molecule has 5 heterocycles. The summed E-state index contributed by atoms with van der Waals surface area (Å²) in [5.74, 6) is 1.30. The molecule has 0 radical (unpaired) electrons. The lowest BCUT2D eigenvalue weighted by molar-refractivity contribution is -0.137. The molecule has 462 valence electrons. The quantitative estimate of drug-likeness (QED) is 0.0407. The number of hydrogen-bond donors (Lipinski definition) is 5. The van der Waals surface area contributed by atoms with Crippen LogP contribution in [0.25, 0.3) is 44.8 Å². The maximum Gasteiger partial charge on any atom is 0.416 e. The first-order chi connectivity index (χ1) is 42.1. The van der Waals surface area contributed by atoms with Crippen LogP contribution in [0.1, 0.15) is 90.9 Å². The lowest BCUT2D eigenvalue weighted by Gasteiger charge is -2.36. The smallest absolute Gasteiger partial charge is 0.385 e. The Morgan fingerprint density at radius 3 is 1.92 bits per heavy atom. The SMILES string of the molecule is CC(C)[C@H]1C(=O)Nc2ccc(NCCCN(C)C)cc2-c2nc3cc(C(=O)N4CCN(c5ccc(F)cc5)CC4)ccc3n21.CC[C@H](C)C1C(N)=Nc2ccc(NCCCN(C)C)cc2-c2nc3cc(C(=O)NCc4cccc(C(F)(F)F)c4)ccc3n21. The molecule has 8 aromatic rings. The van der Waals surface area contributed by atoms with Crippen LogP contribution in [0, 0.1) is 17.7 Å². The number of hydrogen-bond acceptors (Lipinski definition) is 12. The minimum Gasteiger partial charge on any atom is -0.385 e. The first-order valence-electron chi connectivity index (χ1n) is 30.1. The van der Waals surface area contributed by atoms with Gasteiger partial charge in [-0.3, -0.25) is 14.4 Å². The Bertz CT molecular complexity index is 3860. The van der Waals surface area contributed by atoms with Crippen molar-refractivity contribution in [2.24, 2.45) is 22.6 Å². The standard InChI is InChI=1S/C34H40FN7O2.C33H38F3N7O/c1-22(2)31-33(43)38-28-12-9-25(36-14-5-15-39(3)4)21-27(28)32-37-29-20-23(6-13-30(29)42(31)32)34(44)41-18-16-40(17-19-41)26-10-7-24(35)8-11-26;1-5-20(2)29-30(37)40-26-12-11-24(38-14-7-15-42(3)4)18-25(26)31-41-27-17-22(10-13-28(27)43(29)31)32(44)39-19-21-8-6-9-23(16-21)33(34,35)36/h6-13,20-22,31,36H,5,14-19H2,1-4H3,(H,38,43);6,8-13,16-18,20,29,38H,5,7,14-15,19H2,1-4H3,(H2,37,40)(H,39,44)/t31-;20-,29?/m00/s1. The highest BCUT2D eigenvalue weighted by Crippen LogP contribution is 2.43. The lowest BCUT2D eigenvalue weighted by atomic mass is 9.97. The van der Waals surface area contributed by atoms with Crippen molar-refractivity contribution >= 4 is 74.1 Å². The number of aliphatic imine (C=N–C) groups is 1. The number of piperazine rings is 1. The number of fused-ring (bicyclic) bond motifs is 10. The molecule has 3 atom stereocenters. The number of halogens is 4. The van der Waals surface area contributed by atoms with Crippen LogP contribution in [0.4, 0.5) is 46.0 Å². The van der Waals surface area contributed by atoms with E-state index >= 15 is 0 Å².